The van der Waals surface area contributed by atoms with Crippen molar-refractivity contribution in [2.45, 2.75) is 0 Å². The molecule has 0 saturated heterocycles. The summed E-state index contributed by atoms with van der Waals surface area (Å²) in [4.78, 5) is 11.3. The first-order valence-electron chi connectivity index (χ1n) is 4.63. The number of ether oxygens (including phenoxy) is 1. The second-order valence-corrected chi connectivity index (χ2v) is 3.98. The topological polar surface area (TPSA) is 26.3 Å². The third-order valence-electron chi connectivity index (χ3n) is 2.23. The second kappa shape index (κ2) is 4.45. The van der Waals surface area contributed by atoms with Gasteiger partial charge < -0.3 is 4.74 Å². The number of methoxy groups -OCH3 is 1. The minimum absolute atomic E-state index is 0.0359. The molecule has 2 nitrogen and oxygen atoms in total. The molecule has 2 rings (SSSR count). The number of hydrogen-bond donors (Lipinski definition) is 0. The Morgan fingerprint density at radius 3 is 2.75 bits per heavy atom. The van der Waals surface area contributed by atoms with E-state index in [9.17, 15) is 9.18 Å². The molecule has 1 aromatic heterocycles. The van der Waals surface area contributed by atoms with Crippen molar-refractivity contribution in [1.29, 1.82) is 0 Å². The summed E-state index contributed by atoms with van der Waals surface area (Å²) in [7, 11) is 1.24. The smallest absolute Gasteiger partial charge is 0.340 e. The molecule has 0 aliphatic carbocycles. The normalized spacial score (nSPS) is 10.1. The van der Waals surface area contributed by atoms with Crippen LogP contribution in [0.4, 0.5) is 4.39 Å². The molecule has 0 radical (unpaired) electrons. The van der Waals surface area contributed by atoms with Crippen LogP contribution in [0.5, 0.6) is 0 Å². The molecular formula is C12H9FO2S. The van der Waals surface area contributed by atoms with Gasteiger partial charge in [0, 0.05) is 0 Å². The summed E-state index contributed by atoms with van der Waals surface area (Å²) >= 11 is 1.55. The fourth-order valence-electron chi connectivity index (χ4n) is 1.40. The zero-order valence-electron chi connectivity index (χ0n) is 8.57. The van der Waals surface area contributed by atoms with Crippen molar-refractivity contribution in [2.75, 3.05) is 7.11 Å². The van der Waals surface area contributed by atoms with Gasteiger partial charge in [-0.3, -0.25) is 0 Å². The molecule has 0 atom stereocenters. The van der Waals surface area contributed by atoms with Crippen LogP contribution in [-0.4, -0.2) is 13.1 Å². The van der Waals surface area contributed by atoms with Gasteiger partial charge in [0.25, 0.3) is 0 Å². The molecule has 4 heteroatoms. The van der Waals surface area contributed by atoms with Gasteiger partial charge in [-0.15, -0.1) is 0 Å². The van der Waals surface area contributed by atoms with Crippen LogP contribution >= 0.6 is 11.3 Å². The Balaban J connectivity index is 2.47. The third kappa shape index (κ3) is 1.97. The third-order valence-corrected chi connectivity index (χ3v) is 2.91. The van der Waals surface area contributed by atoms with E-state index in [-0.39, 0.29) is 5.56 Å². The zero-order valence-corrected chi connectivity index (χ0v) is 9.38. The number of halogens is 1. The van der Waals surface area contributed by atoms with Crippen LogP contribution in [0.15, 0.2) is 35.0 Å². The Kier molecular flexibility index (Phi) is 3.01. The van der Waals surface area contributed by atoms with E-state index in [2.05, 4.69) is 4.74 Å². The average molecular weight is 236 g/mol. The van der Waals surface area contributed by atoms with E-state index in [0.717, 1.165) is 11.1 Å². The first kappa shape index (κ1) is 10.8. The van der Waals surface area contributed by atoms with E-state index >= 15 is 0 Å². The van der Waals surface area contributed by atoms with Gasteiger partial charge in [-0.25, -0.2) is 9.18 Å². The molecule has 1 heterocycles. The van der Waals surface area contributed by atoms with Gasteiger partial charge in [0.1, 0.15) is 5.82 Å². The minimum atomic E-state index is -0.658. The first-order chi connectivity index (χ1) is 7.72. The molecule has 2 aromatic rings. The monoisotopic (exact) mass is 236 g/mol. The molecule has 0 unspecified atom stereocenters. The van der Waals surface area contributed by atoms with Crippen LogP contribution in [0.3, 0.4) is 0 Å². The van der Waals surface area contributed by atoms with Crippen molar-refractivity contribution in [3.05, 3.63) is 46.4 Å². The van der Waals surface area contributed by atoms with E-state index in [1.165, 1.54) is 19.2 Å². The highest BCUT2D eigenvalue weighted by Crippen LogP contribution is 2.24. The van der Waals surface area contributed by atoms with Crippen LogP contribution in [-0.2, 0) is 4.74 Å². The van der Waals surface area contributed by atoms with E-state index in [1.54, 1.807) is 17.4 Å². The van der Waals surface area contributed by atoms with Crippen LogP contribution < -0.4 is 0 Å². The van der Waals surface area contributed by atoms with Crippen LogP contribution in [0.2, 0.25) is 0 Å². The Morgan fingerprint density at radius 1 is 1.31 bits per heavy atom. The highest BCUT2D eigenvalue weighted by molar-refractivity contribution is 7.08. The molecule has 1 aromatic carbocycles. The SMILES string of the molecule is COC(=O)c1cc(-c2ccsc2)ccc1F. The average Bonchev–Trinajstić information content (AvgIpc) is 2.82. The number of benzene rings is 1. The maximum Gasteiger partial charge on any atom is 0.340 e. The molecule has 0 amide bonds. The van der Waals surface area contributed by atoms with Crippen molar-refractivity contribution in [3.63, 3.8) is 0 Å². The Labute approximate surface area is 96.3 Å². The Hall–Kier alpha value is -1.68. The summed E-state index contributed by atoms with van der Waals surface area (Å²) in [5, 5.41) is 3.87. The molecule has 16 heavy (non-hydrogen) atoms. The first-order valence-corrected chi connectivity index (χ1v) is 5.57. The van der Waals surface area contributed by atoms with Gasteiger partial charge in [0.05, 0.1) is 12.7 Å². The molecule has 82 valence electrons. The van der Waals surface area contributed by atoms with Gasteiger partial charge >= 0.3 is 5.97 Å². The summed E-state index contributed by atoms with van der Waals surface area (Å²) in [5.74, 6) is -1.22. The molecule has 0 bridgehead atoms. The van der Waals surface area contributed by atoms with E-state index < -0.39 is 11.8 Å². The highest BCUT2D eigenvalue weighted by Gasteiger charge is 2.13. The van der Waals surface area contributed by atoms with Crippen molar-refractivity contribution >= 4 is 17.3 Å². The number of esters is 1. The van der Waals surface area contributed by atoms with Crippen molar-refractivity contribution in [3.8, 4) is 11.1 Å². The van der Waals surface area contributed by atoms with Crippen LogP contribution in [0, 0.1) is 5.82 Å². The van der Waals surface area contributed by atoms with Crippen molar-refractivity contribution < 1.29 is 13.9 Å². The maximum atomic E-state index is 13.4. The summed E-state index contributed by atoms with van der Waals surface area (Å²) in [6.45, 7) is 0. The Morgan fingerprint density at radius 2 is 2.12 bits per heavy atom. The number of rotatable bonds is 2. The Bertz CT molecular complexity index is 506. The van der Waals surface area contributed by atoms with E-state index in [4.69, 9.17) is 0 Å². The fourth-order valence-corrected chi connectivity index (χ4v) is 2.06. The second-order valence-electron chi connectivity index (χ2n) is 3.20. The van der Waals surface area contributed by atoms with Crippen LogP contribution in [0.25, 0.3) is 11.1 Å². The predicted molar refractivity (Wildman–Crippen MR) is 61.1 cm³/mol. The zero-order chi connectivity index (χ0) is 11.5. The quantitative estimate of drug-likeness (QED) is 0.747. The fraction of sp³-hybridized carbons (Fsp3) is 0.0833. The maximum absolute atomic E-state index is 13.4. The lowest BCUT2D eigenvalue weighted by atomic mass is 10.1. The summed E-state index contributed by atoms with van der Waals surface area (Å²) in [5.41, 5.74) is 1.74. The van der Waals surface area contributed by atoms with Gasteiger partial charge in [-0.1, -0.05) is 6.07 Å². The highest BCUT2D eigenvalue weighted by atomic mass is 32.1. The molecule has 0 spiro atoms. The van der Waals surface area contributed by atoms with E-state index in [0.29, 0.717) is 0 Å². The molecule has 0 N–H and O–H groups in total. The molecule has 0 fully saturated rings. The predicted octanol–water partition coefficient (Wildman–Crippen LogP) is 3.34. The van der Waals surface area contributed by atoms with Crippen LogP contribution in [0.1, 0.15) is 10.4 Å². The summed E-state index contributed by atoms with van der Waals surface area (Å²) in [6, 6.07) is 6.34. The number of carbonyl (C=O) groups is 1. The van der Waals surface area contributed by atoms with E-state index in [1.807, 2.05) is 16.8 Å². The standard InChI is InChI=1S/C12H9FO2S/c1-15-12(14)10-6-8(2-3-11(10)13)9-4-5-16-7-9/h2-7H,1H3. The van der Waals surface area contributed by atoms with Gasteiger partial charge in [0.15, 0.2) is 0 Å². The van der Waals surface area contributed by atoms with Gasteiger partial charge in [-0.05, 0) is 40.1 Å². The van der Waals surface area contributed by atoms with Gasteiger partial charge in [-0.2, -0.15) is 11.3 Å². The molecule has 0 aliphatic heterocycles. The number of hydrogen-bond acceptors (Lipinski definition) is 3. The number of thiophene rings is 1. The lowest BCUT2D eigenvalue weighted by Crippen LogP contribution is -2.04. The molecule has 0 aliphatic rings. The number of carbonyl (C=O) groups excluding carboxylic acids is 1. The van der Waals surface area contributed by atoms with Gasteiger partial charge in [0.2, 0.25) is 0 Å². The molecular weight excluding hydrogens is 227 g/mol. The van der Waals surface area contributed by atoms with Crippen molar-refractivity contribution in [1.82, 2.24) is 0 Å². The lowest BCUT2D eigenvalue weighted by molar-refractivity contribution is 0.0595. The largest absolute Gasteiger partial charge is 0.465 e. The minimum Gasteiger partial charge on any atom is -0.465 e. The van der Waals surface area contributed by atoms with Crippen molar-refractivity contribution in [2.24, 2.45) is 0 Å². The lowest BCUT2D eigenvalue weighted by Gasteiger charge is -2.03. The summed E-state index contributed by atoms with van der Waals surface area (Å²) in [6.07, 6.45) is 0. The summed E-state index contributed by atoms with van der Waals surface area (Å²) < 4.78 is 17.9. The molecule has 0 saturated carbocycles.